The van der Waals surface area contributed by atoms with Gasteiger partial charge in [-0.05, 0) is 29.7 Å². The number of benzene rings is 2. The van der Waals surface area contributed by atoms with E-state index in [-0.39, 0.29) is 20.8 Å². The Morgan fingerprint density at radius 1 is 0.857 bits per heavy atom. The molecule has 0 aliphatic carbocycles. The first-order valence-electron chi connectivity index (χ1n) is 5.94. The molecule has 3 rings (SSSR count). The van der Waals surface area contributed by atoms with Crippen molar-refractivity contribution < 1.29 is 0 Å². The maximum absolute atomic E-state index is 12.7. The average Bonchev–Trinajstić information content (AvgIpc) is 2.41. The third kappa shape index (κ3) is 2.53. The molecule has 1 aromatic heterocycles. The molecule has 0 unspecified atom stereocenters. The number of fused-ring (bicyclic) bond motifs is 1. The molecular weight excluding hydrogens is 352 g/mol. The molecule has 1 heterocycles. The van der Waals surface area contributed by atoms with E-state index in [2.05, 4.69) is 0 Å². The van der Waals surface area contributed by atoms with Crippen LogP contribution in [0.1, 0.15) is 0 Å². The van der Waals surface area contributed by atoms with Crippen molar-refractivity contribution in [3.8, 4) is 5.69 Å². The molecule has 6 heteroatoms. The molecule has 0 fully saturated rings. The van der Waals surface area contributed by atoms with Crippen LogP contribution in [0.2, 0.25) is 20.2 Å². The van der Waals surface area contributed by atoms with Gasteiger partial charge in [-0.25, -0.2) is 0 Å². The lowest BCUT2D eigenvalue weighted by Gasteiger charge is -2.13. The fraction of sp³-hybridized carbons (Fsp3) is 0. The Bertz CT molecular complexity index is 894. The second-order valence-corrected chi connectivity index (χ2v) is 6.05. The van der Waals surface area contributed by atoms with Crippen LogP contribution in [0.15, 0.2) is 47.3 Å². The van der Waals surface area contributed by atoms with Gasteiger partial charge < -0.3 is 0 Å². The Balaban J connectivity index is 2.44. The normalized spacial score (nSPS) is 11.0. The van der Waals surface area contributed by atoms with Gasteiger partial charge in [0.25, 0.3) is 5.56 Å². The maximum atomic E-state index is 12.7. The van der Waals surface area contributed by atoms with Gasteiger partial charge in [-0.15, -0.1) is 0 Å². The summed E-state index contributed by atoms with van der Waals surface area (Å²) < 4.78 is 1.28. The molecule has 0 radical (unpaired) electrons. The van der Waals surface area contributed by atoms with Gasteiger partial charge >= 0.3 is 0 Å². The van der Waals surface area contributed by atoms with Gasteiger partial charge in [-0.3, -0.25) is 9.36 Å². The van der Waals surface area contributed by atoms with Gasteiger partial charge in [-0.2, -0.15) is 0 Å². The zero-order valence-electron chi connectivity index (χ0n) is 10.4. The lowest BCUT2D eigenvalue weighted by Crippen LogP contribution is -2.19. The maximum Gasteiger partial charge on any atom is 0.264 e. The van der Waals surface area contributed by atoms with Gasteiger partial charge in [0.15, 0.2) is 0 Å². The van der Waals surface area contributed by atoms with Gasteiger partial charge in [0.1, 0.15) is 5.15 Å². The highest BCUT2D eigenvalue weighted by Crippen LogP contribution is 2.33. The first-order valence-corrected chi connectivity index (χ1v) is 7.45. The highest BCUT2D eigenvalue weighted by molar-refractivity contribution is 6.41. The van der Waals surface area contributed by atoms with Gasteiger partial charge in [0.05, 0.1) is 15.7 Å². The molecule has 3 aromatic rings. The van der Waals surface area contributed by atoms with Crippen LogP contribution in [0, 0.1) is 0 Å². The standard InChI is InChI=1S/C15H7Cl4NO/c16-9-6-11(17)14(12(18)7-9)20-13(19)5-8-3-1-2-4-10(8)15(20)21/h1-7H. The van der Waals surface area contributed by atoms with Crippen LogP contribution in [0.5, 0.6) is 0 Å². The van der Waals surface area contributed by atoms with E-state index in [4.69, 9.17) is 46.4 Å². The van der Waals surface area contributed by atoms with E-state index < -0.39 is 0 Å². The number of hydrogen-bond acceptors (Lipinski definition) is 1. The molecule has 0 bridgehead atoms. The van der Waals surface area contributed by atoms with E-state index in [1.165, 1.54) is 16.7 Å². The van der Waals surface area contributed by atoms with Crippen molar-refractivity contribution in [2.75, 3.05) is 0 Å². The first kappa shape index (κ1) is 14.7. The van der Waals surface area contributed by atoms with Crippen molar-refractivity contribution >= 4 is 57.2 Å². The molecular formula is C15H7Cl4NO. The predicted molar refractivity (Wildman–Crippen MR) is 89.6 cm³/mol. The summed E-state index contributed by atoms with van der Waals surface area (Å²) in [6.45, 7) is 0. The van der Waals surface area contributed by atoms with Crippen LogP contribution in [-0.2, 0) is 0 Å². The molecule has 21 heavy (non-hydrogen) atoms. The number of rotatable bonds is 1. The minimum Gasteiger partial charge on any atom is -0.268 e. The molecule has 0 N–H and O–H groups in total. The molecule has 0 aliphatic rings. The number of halogens is 4. The van der Waals surface area contributed by atoms with Crippen molar-refractivity contribution in [2.45, 2.75) is 0 Å². The van der Waals surface area contributed by atoms with E-state index in [0.717, 1.165) is 5.39 Å². The molecule has 0 atom stereocenters. The van der Waals surface area contributed by atoms with Crippen LogP contribution < -0.4 is 5.56 Å². The number of nitrogens with zero attached hydrogens (tertiary/aromatic N) is 1. The van der Waals surface area contributed by atoms with Crippen molar-refractivity contribution in [3.05, 3.63) is 73.0 Å². The molecule has 2 nitrogen and oxygen atoms in total. The quantitative estimate of drug-likeness (QED) is 0.518. The summed E-state index contributed by atoms with van der Waals surface area (Å²) in [6, 6.07) is 11.9. The molecule has 0 saturated carbocycles. The van der Waals surface area contributed by atoms with E-state index in [1.807, 2.05) is 12.1 Å². The van der Waals surface area contributed by atoms with E-state index in [0.29, 0.717) is 16.1 Å². The number of aromatic nitrogens is 1. The molecule has 0 aliphatic heterocycles. The highest BCUT2D eigenvalue weighted by atomic mass is 35.5. The monoisotopic (exact) mass is 357 g/mol. The summed E-state index contributed by atoms with van der Waals surface area (Å²) in [5, 5.41) is 2.41. The third-order valence-corrected chi connectivity index (χ3v) is 4.16. The Morgan fingerprint density at radius 2 is 1.48 bits per heavy atom. The Labute approximate surface area is 140 Å². The van der Waals surface area contributed by atoms with E-state index in [9.17, 15) is 4.79 Å². The Morgan fingerprint density at radius 3 is 2.14 bits per heavy atom. The summed E-state index contributed by atoms with van der Waals surface area (Å²) in [5.41, 5.74) is 0.0349. The summed E-state index contributed by atoms with van der Waals surface area (Å²) in [5.74, 6) is 0. The van der Waals surface area contributed by atoms with Crippen molar-refractivity contribution in [2.24, 2.45) is 0 Å². The fourth-order valence-electron chi connectivity index (χ4n) is 2.18. The van der Waals surface area contributed by atoms with Crippen molar-refractivity contribution in [1.29, 1.82) is 0 Å². The first-order chi connectivity index (χ1) is 9.99. The summed E-state index contributed by atoms with van der Waals surface area (Å²) in [4.78, 5) is 12.7. The largest absolute Gasteiger partial charge is 0.268 e. The van der Waals surface area contributed by atoms with Crippen LogP contribution in [0.3, 0.4) is 0 Å². The van der Waals surface area contributed by atoms with Crippen LogP contribution in [-0.4, -0.2) is 4.57 Å². The van der Waals surface area contributed by atoms with E-state index in [1.54, 1.807) is 18.2 Å². The van der Waals surface area contributed by atoms with Crippen molar-refractivity contribution in [3.63, 3.8) is 0 Å². The van der Waals surface area contributed by atoms with Gasteiger partial charge in [0.2, 0.25) is 0 Å². The smallest absolute Gasteiger partial charge is 0.264 e. The zero-order valence-corrected chi connectivity index (χ0v) is 13.4. The minimum absolute atomic E-state index is 0.227. The van der Waals surface area contributed by atoms with Crippen molar-refractivity contribution in [1.82, 2.24) is 4.57 Å². The second-order valence-electron chi connectivity index (χ2n) is 4.41. The van der Waals surface area contributed by atoms with E-state index >= 15 is 0 Å². The third-order valence-electron chi connectivity index (χ3n) is 3.09. The summed E-state index contributed by atoms with van der Waals surface area (Å²) >= 11 is 24.5. The molecule has 0 spiro atoms. The molecule has 0 saturated heterocycles. The SMILES string of the molecule is O=c1c2ccccc2cc(Cl)n1-c1c(Cl)cc(Cl)cc1Cl. The van der Waals surface area contributed by atoms with Gasteiger partial charge in [-0.1, -0.05) is 64.6 Å². The Hall–Kier alpha value is -1.19. The molecule has 0 amide bonds. The van der Waals surface area contributed by atoms with Crippen LogP contribution in [0.25, 0.3) is 16.5 Å². The van der Waals surface area contributed by atoms with Crippen LogP contribution >= 0.6 is 46.4 Å². The number of hydrogen-bond donors (Lipinski definition) is 0. The number of pyridine rings is 1. The average molecular weight is 359 g/mol. The Kier molecular flexibility index (Phi) is 3.89. The zero-order chi connectivity index (χ0) is 15.1. The second kappa shape index (κ2) is 5.54. The topological polar surface area (TPSA) is 22.0 Å². The predicted octanol–water partition coefficient (Wildman–Crippen LogP) is 5.60. The van der Waals surface area contributed by atoms with Gasteiger partial charge in [0, 0.05) is 10.4 Å². The minimum atomic E-state index is -0.288. The lowest BCUT2D eigenvalue weighted by molar-refractivity contribution is 1.01. The lowest BCUT2D eigenvalue weighted by atomic mass is 10.1. The fourth-order valence-corrected chi connectivity index (χ4v) is 3.45. The highest BCUT2D eigenvalue weighted by Gasteiger charge is 2.16. The summed E-state index contributed by atoms with van der Waals surface area (Å²) in [7, 11) is 0. The molecule has 106 valence electrons. The summed E-state index contributed by atoms with van der Waals surface area (Å²) in [6.07, 6.45) is 0. The van der Waals surface area contributed by atoms with Crippen LogP contribution in [0.4, 0.5) is 0 Å². The molecule has 2 aromatic carbocycles.